The Labute approximate surface area is 137 Å². The monoisotopic (exact) mass is 338 g/mol. The number of cyclic esters (lactones) is 1. The van der Waals surface area contributed by atoms with E-state index in [2.05, 4.69) is 0 Å². The Morgan fingerprint density at radius 1 is 1.13 bits per heavy atom. The van der Waals surface area contributed by atoms with Crippen LogP contribution in [0, 0.1) is 6.92 Å². The number of benzene rings is 1. The fraction of sp³-hybridized carbons (Fsp3) is 0.562. The average Bonchev–Trinajstić information content (AvgIpc) is 2.87. The molecule has 0 aromatic heterocycles. The van der Waals surface area contributed by atoms with Gasteiger partial charge in [-0.15, -0.1) is 0 Å². The molecule has 0 N–H and O–H groups in total. The SMILES string of the molecule is Cc1ccc(S(=O)(=O)N2CCC(N3C(=O)OCC3C)CC2)cc1. The third kappa shape index (κ3) is 3.07. The molecule has 1 aromatic carbocycles. The van der Waals surface area contributed by atoms with E-state index in [0.29, 0.717) is 37.4 Å². The maximum atomic E-state index is 12.7. The van der Waals surface area contributed by atoms with Gasteiger partial charge in [-0.3, -0.25) is 4.90 Å². The lowest BCUT2D eigenvalue weighted by atomic mass is 10.0. The number of amides is 1. The highest BCUT2D eigenvalue weighted by Gasteiger charge is 2.39. The Morgan fingerprint density at radius 2 is 1.74 bits per heavy atom. The van der Waals surface area contributed by atoms with Gasteiger partial charge >= 0.3 is 6.09 Å². The van der Waals surface area contributed by atoms with E-state index < -0.39 is 10.0 Å². The number of carbonyl (C=O) groups excluding carboxylic acids is 1. The number of carbonyl (C=O) groups is 1. The van der Waals surface area contributed by atoms with Crippen molar-refractivity contribution in [2.24, 2.45) is 0 Å². The van der Waals surface area contributed by atoms with E-state index >= 15 is 0 Å². The lowest BCUT2D eigenvalue weighted by Crippen LogP contribution is -2.49. The van der Waals surface area contributed by atoms with E-state index in [0.717, 1.165) is 5.56 Å². The summed E-state index contributed by atoms with van der Waals surface area (Å²) in [5, 5.41) is 0. The topological polar surface area (TPSA) is 66.9 Å². The molecule has 2 saturated heterocycles. The molecule has 2 aliphatic rings. The van der Waals surface area contributed by atoms with Crippen molar-refractivity contribution in [2.45, 2.75) is 43.7 Å². The number of hydrogen-bond donors (Lipinski definition) is 0. The van der Waals surface area contributed by atoms with Crippen molar-refractivity contribution in [3.63, 3.8) is 0 Å². The molecule has 2 aliphatic heterocycles. The van der Waals surface area contributed by atoms with Gasteiger partial charge in [0.1, 0.15) is 6.61 Å². The van der Waals surface area contributed by atoms with Crippen LogP contribution in [0.1, 0.15) is 25.3 Å². The van der Waals surface area contributed by atoms with Crippen LogP contribution in [-0.2, 0) is 14.8 Å². The number of aryl methyl sites for hydroxylation is 1. The molecule has 126 valence electrons. The van der Waals surface area contributed by atoms with E-state index in [4.69, 9.17) is 4.74 Å². The van der Waals surface area contributed by atoms with Crippen LogP contribution in [0.25, 0.3) is 0 Å². The smallest absolute Gasteiger partial charge is 0.410 e. The number of ether oxygens (including phenoxy) is 1. The number of sulfonamides is 1. The van der Waals surface area contributed by atoms with Crippen LogP contribution in [-0.4, -0.2) is 55.5 Å². The van der Waals surface area contributed by atoms with Gasteiger partial charge in [-0.1, -0.05) is 17.7 Å². The number of piperidine rings is 1. The van der Waals surface area contributed by atoms with Crippen LogP contribution in [0.2, 0.25) is 0 Å². The predicted molar refractivity (Wildman–Crippen MR) is 85.6 cm³/mol. The lowest BCUT2D eigenvalue weighted by Gasteiger charge is -2.36. The zero-order valence-electron chi connectivity index (χ0n) is 13.4. The van der Waals surface area contributed by atoms with Crippen molar-refractivity contribution in [1.29, 1.82) is 0 Å². The Morgan fingerprint density at radius 3 is 2.26 bits per heavy atom. The van der Waals surface area contributed by atoms with Crippen molar-refractivity contribution in [3.05, 3.63) is 29.8 Å². The minimum absolute atomic E-state index is 0.0597. The van der Waals surface area contributed by atoms with Gasteiger partial charge in [0.25, 0.3) is 0 Å². The van der Waals surface area contributed by atoms with Crippen molar-refractivity contribution in [3.8, 4) is 0 Å². The second-order valence-corrected chi connectivity index (χ2v) is 8.22. The molecule has 1 amide bonds. The van der Waals surface area contributed by atoms with Crippen molar-refractivity contribution in [1.82, 2.24) is 9.21 Å². The van der Waals surface area contributed by atoms with Crippen LogP contribution < -0.4 is 0 Å². The van der Waals surface area contributed by atoms with Gasteiger partial charge in [0.15, 0.2) is 0 Å². The van der Waals surface area contributed by atoms with Crippen molar-refractivity contribution in [2.75, 3.05) is 19.7 Å². The van der Waals surface area contributed by atoms with Crippen LogP contribution in [0.4, 0.5) is 4.79 Å². The molecule has 0 radical (unpaired) electrons. The standard InChI is InChI=1S/C16H22N2O4S/c1-12-3-5-15(6-4-12)23(20,21)17-9-7-14(8-10-17)18-13(2)11-22-16(18)19/h3-6,13-14H,7-11H2,1-2H3. The molecular weight excluding hydrogens is 316 g/mol. The van der Waals surface area contributed by atoms with Crippen molar-refractivity contribution < 1.29 is 17.9 Å². The zero-order valence-corrected chi connectivity index (χ0v) is 14.3. The maximum absolute atomic E-state index is 12.7. The summed E-state index contributed by atoms with van der Waals surface area (Å²) in [4.78, 5) is 13.9. The Bertz CT molecular complexity index is 679. The average molecular weight is 338 g/mol. The highest BCUT2D eigenvalue weighted by Crippen LogP contribution is 2.26. The highest BCUT2D eigenvalue weighted by molar-refractivity contribution is 7.89. The van der Waals surface area contributed by atoms with Crippen LogP contribution in [0.5, 0.6) is 0 Å². The fourth-order valence-corrected chi connectivity index (χ4v) is 4.73. The number of hydrogen-bond acceptors (Lipinski definition) is 4. The molecule has 0 bridgehead atoms. The van der Waals surface area contributed by atoms with Crippen LogP contribution in [0.3, 0.4) is 0 Å². The summed E-state index contributed by atoms with van der Waals surface area (Å²) in [6, 6.07) is 7.04. The first-order chi connectivity index (χ1) is 10.9. The van der Waals surface area contributed by atoms with Gasteiger partial charge in [0, 0.05) is 19.1 Å². The molecule has 7 heteroatoms. The normalized spacial score (nSPS) is 24.0. The minimum atomic E-state index is -3.45. The van der Waals surface area contributed by atoms with Crippen LogP contribution >= 0.6 is 0 Å². The molecule has 0 aliphatic carbocycles. The van der Waals surface area contributed by atoms with Gasteiger partial charge in [-0.25, -0.2) is 13.2 Å². The molecule has 23 heavy (non-hydrogen) atoms. The second-order valence-electron chi connectivity index (χ2n) is 6.28. The summed E-state index contributed by atoms with van der Waals surface area (Å²) >= 11 is 0. The van der Waals surface area contributed by atoms with E-state index in [9.17, 15) is 13.2 Å². The summed E-state index contributed by atoms with van der Waals surface area (Å²) in [5.74, 6) is 0. The van der Waals surface area contributed by atoms with Gasteiger partial charge in [-0.05, 0) is 38.8 Å². The summed E-state index contributed by atoms with van der Waals surface area (Å²) in [5.41, 5.74) is 1.03. The summed E-state index contributed by atoms with van der Waals surface area (Å²) in [7, 11) is -3.45. The Kier molecular flexibility index (Phi) is 4.33. The Hall–Kier alpha value is -1.60. The molecule has 3 rings (SSSR count). The van der Waals surface area contributed by atoms with E-state index in [1.165, 1.54) is 4.31 Å². The first-order valence-corrected chi connectivity index (χ1v) is 9.35. The fourth-order valence-electron chi connectivity index (χ4n) is 3.26. The lowest BCUT2D eigenvalue weighted by molar-refractivity contribution is 0.127. The quantitative estimate of drug-likeness (QED) is 0.845. The van der Waals surface area contributed by atoms with Gasteiger partial charge in [0.05, 0.1) is 10.9 Å². The number of rotatable bonds is 3. The molecule has 2 heterocycles. The maximum Gasteiger partial charge on any atom is 0.410 e. The molecule has 0 saturated carbocycles. The summed E-state index contributed by atoms with van der Waals surface area (Å²) in [6.07, 6.45) is 1.01. The van der Waals surface area contributed by atoms with Gasteiger partial charge in [0.2, 0.25) is 10.0 Å². The van der Waals surface area contributed by atoms with Crippen LogP contribution in [0.15, 0.2) is 29.2 Å². The van der Waals surface area contributed by atoms with Gasteiger partial charge < -0.3 is 4.74 Å². The van der Waals surface area contributed by atoms with Crippen molar-refractivity contribution >= 4 is 16.1 Å². The molecule has 1 atom stereocenters. The molecule has 1 aromatic rings. The molecule has 2 fully saturated rings. The highest BCUT2D eigenvalue weighted by atomic mass is 32.2. The van der Waals surface area contributed by atoms with E-state index in [-0.39, 0.29) is 18.2 Å². The predicted octanol–water partition coefficient (Wildman–Crippen LogP) is 1.99. The van der Waals surface area contributed by atoms with Gasteiger partial charge in [-0.2, -0.15) is 4.31 Å². The second kappa shape index (κ2) is 6.13. The van der Waals surface area contributed by atoms with E-state index in [1.54, 1.807) is 17.0 Å². The first kappa shape index (κ1) is 16.3. The molecule has 1 unspecified atom stereocenters. The minimum Gasteiger partial charge on any atom is -0.447 e. The third-order valence-corrected chi connectivity index (χ3v) is 6.52. The third-order valence-electron chi connectivity index (χ3n) is 4.61. The molecular formula is C16H22N2O4S. The number of nitrogens with zero attached hydrogens (tertiary/aromatic N) is 2. The first-order valence-electron chi connectivity index (χ1n) is 7.91. The molecule has 0 spiro atoms. The summed E-state index contributed by atoms with van der Waals surface area (Å²) < 4.78 is 31.9. The largest absolute Gasteiger partial charge is 0.447 e. The Balaban J connectivity index is 1.69. The molecule has 6 nitrogen and oxygen atoms in total. The summed E-state index contributed by atoms with van der Waals surface area (Å²) in [6.45, 7) is 5.16. The van der Waals surface area contributed by atoms with E-state index in [1.807, 2.05) is 26.0 Å². The zero-order chi connectivity index (χ0) is 16.6.